The summed E-state index contributed by atoms with van der Waals surface area (Å²) < 4.78 is 6.97. The summed E-state index contributed by atoms with van der Waals surface area (Å²) in [5, 5.41) is 9.92. The Kier molecular flexibility index (Phi) is 3.44. The van der Waals surface area contributed by atoms with Crippen LogP contribution < -0.4 is 0 Å². The summed E-state index contributed by atoms with van der Waals surface area (Å²) >= 11 is 0. The maximum atomic E-state index is 11.1. The molecule has 0 bridgehead atoms. The first-order chi connectivity index (χ1) is 8.24. The number of nitrogens with zero attached hydrogens (tertiary/aromatic N) is 1. The number of rotatable bonds is 5. The molecule has 0 saturated heterocycles. The van der Waals surface area contributed by atoms with Crippen LogP contribution in [0.25, 0.3) is 10.9 Å². The number of hydrogen-bond donors (Lipinski definition) is 1. The van der Waals surface area contributed by atoms with Gasteiger partial charge in [-0.15, -0.1) is 0 Å². The van der Waals surface area contributed by atoms with Crippen molar-refractivity contribution in [1.82, 2.24) is 4.57 Å². The molecule has 0 amide bonds. The zero-order valence-electron chi connectivity index (χ0n) is 9.72. The summed E-state index contributed by atoms with van der Waals surface area (Å²) in [5.74, 6) is -0.883. The number of para-hydroxylation sites is 1. The summed E-state index contributed by atoms with van der Waals surface area (Å²) in [5.41, 5.74) is 1.32. The number of carbonyl (C=O) groups is 1. The van der Waals surface area contributed by atoms with Crippen molar-refractivity contribution in [3.05, 3.63) is 36.0 Å². The molecule has 1 N–H and O–H groups in total. The van der Waals surface area contributed by atoms with E-state index in [4.69, 9.17) is 9.84 Å². The minimum absolute atomic E-state index is 0.359. The normalized spacial score (nSPS) is 10.9. The SMILES string of the molecule is COCCCn1cc(C(=O)O)c2ccccc21. The van der Waals surface area contributed by atoms with Crippen molar-refractivity contribution in [2.75, 3.05) is 13.7 Å². The first-order valence-corrected chi connectivity index (χ1v) is 5.54. The second-order valence-electron chi connectivity index (χ2n) is 3.90. The van der Waals surface area contributed by atoms with Crippen molar-refractivity contribution in [2.24, 2.45) is 0 Å². The topological polar surface area (TPSA) is 51.5 Å². The van der Waals surface area contributed by atoms with E-state index < -0.39 is 5.97 Å². The van der Waals surface area contributed by atoms with Crippen LogP contribution in [0.15, 0.2) is 30.5 Å². The third-order valence-electron chi connectivity index (χ3n) is 2.77. The van der Waals surface area contributed by atoms with E-state index in [0.717, 1.165) is 23.9 Å². The quantitative estimate of drug-likeness (QED) is 0.807. The molecule has 2 aromatic rings. The molecule has 1 aromatic carbocycles. The van der Waals surface area contributed by atoms with E-state index in [9.17, 15) is 4.79 Å². The molecule has 2 rings (SSSR count). The standard InChI is InChI=1S/C13H15NO3/c1-17-8-4-7-14-9-11(13(15)16)10-5-2-3-6-12(10)14/h2-3,5-6,9H,4,7-8H2,1H3,(H,15,16). The number of aromatic nitrogens is 1. The van der Waals surface area contributed by atoms with E-state index in [1.807, 2.05) is 28.8 Å². The lowest BCUT2D eigenvalue weighted by Crippen LogP contribution is -2.00. The van der Waals surface area contributed by atoms with Crippen molar-refractivity contribution < 1.29 is 14.6 Å². The fraction of sp³-hybridized carbons (Fsp3) is 0.308. The predicted octanol–water partition coefficient (Wildman–Crippen LogP) is 2.38. The van der Waals surface area contributed by atoms with Crippen LogP contribution in [0.3, 0.4) is 0 Å². The van der Waals surface area contributed by atoms with Crippen LogP contribution in [0.1, 0.15) is 16.8 Å². The summed E-state index contributed by atoms with van der Waals surface area (Å²) in [6.45, 7) is 1.44. The van der Waals surface area contributed by atoms with Crippen LogP contribution in [0.2, 0.25) is 0 Å². The van der Waals surface area contributed by atoms with Crippen LogP contribution in [0.4, 0.5) is 0 Å². The zero-order chi connectivity index (χ0) is 12.3. The lowest BCUT2D eigenvalue weighted by Gasteiger charge is -2.04. The molecule has 0 saturated carbocycles. The highest BCUT2D eigenvalue weighted by Crippen LogP contribution is 2.21. The number of hydrogen-bond acceptors (Lipinski definition) is 2. The second-order valence-corrected chi connectivity index (χ2v) is 3.90. The van der Waals surface area contributed by atoms with Crippen molar-refractivity contribution in [1.29, 1.82) is 0 Å². The lowest BCUT2D eigenvalue weighted by atomic mass is 10.2. The van der Waals surface area contributed by atoms with Gasteiger partial charge in [0.25, 0.3) is 0 Å². The van der Waals surface area contributed by atoms with Gasteiger partial charge >= 0.3 is 5.97 Å². The van der Waals surface area contributed by atoms with E-state index in [-0.39, 0.29) is 0 Å². The first kappa shape index (κ1) is 11.7. The summed E-state index contributed by atoms with van der Waals surface area (Å²) in [6, 6.07) is 7.55. The summed E-state index contributed by atoms with van der Waals surface area (Å²) in [6.07, 6.45) is 2.57. The molecule has 0 spiro atoms. The van der Waals surface area contributed by atoms with Gasteiger partial charge in [-0.25, -0.2) is 4.79 Å². The smallest absolute Gasteiger partial charge is 0.337 e. The molecule has 1 heterocycles. The molecular weight excluding hydrogens is 218 g/mol. The molecule has 0 aliphatic heterocycles. The molecule has 0 fully saturated rings. The number of benzene rings is 1. The molecule has 17 heavy (non-hydrogen) atoms. The Morgan fingerprint density at radius 1 is 1.41 bits per heavy atom. The largest absolute Gasteiger partial charge is 0.478 e. The molecular formula is C13H15NO3. The van der Waals surface area contributed by atoms with Gasteiger partial charge in [0.1, 0.15) is 0 Å². The van der Waals surface area contributed by atoms with E-state index in [0.29, 0.717) is 12.2 Å². The van der Waals surface area contributed by atoms with Crippen LogP contribution in [-0.2, 0) is 11.3 Å². The molecule has 4 nitrogen and oxygen atoms in total. The van der Waals surface area contributed by atoms with Crippen molar-refractivity contribution >= 4 is 16.9 Å². The third-order valence-corrected chi connectivity index (χ3v) is 2.77. The van der Waals surface area contributed by atoms with Crippen LogP contribution in [0, 0.1) is 0 Å². The Hall–Kier alpha value is -1.81. The van der Waals surface area contributed by atoms with Gasteiger partial charge in [0.05, 0.1) is 5.56 Å². The number of methoxy groups -OCH3 is 1. The lowest BCUT2D eigenvalue weighted by molar-refractivity contribution is 0.0699. The highest BCUT2D eigenvalue weighted by atomic mass is 16.5. The van der Waals surface area contributed by atoms with Gasteiger partial charge in [0, 0.05) is 37.4 Å². The fourth-order valence-corrected chi connectivity index (χ4v) is 1.98. The minimum Gasteiger partial charge on any atom is -0.478 e. The molecule has 1 aromatic heterocycles. The molecule has 0 aliphatic carbocycles. The number of aromatic carboxylic acids is 1. The Morgan fingerprint density at radius 3 is 2.88 bits per heavy atom. The predicted molar refractivity (Wildman–Crippen MR) is 65.4 cm³/mol. The molecule has 4 heteroatoms. The van der Waals surface area contributed by atoms with E-state index in [1.54, 1.807) is 13.3 Å². The van der Waals surface area contributed by atoms with Crippen LogP contribution in [-0.4, -0.2) is 29.4 Å². The summed E-state index contributed by atoms with van der Waals surface area (Å²) in [7, 11) is 1.66. The van der Waals surface area contributed by atoms with Gasteiger partial charge in [-0.3, -0.25) is 0 Å². The molecule has 90 valence electrons. The van der Waals surface area contributed by atoms with E-state index >= 15 is 0 Å². The molecule has 0 radical (unpaired) electrons. The van der Waals surface area contributed by atoms with Crippen molar-refractivity contribution in [3.63, 3.8) is 0 Å². The molecule has 0 aliphatic rings. The Morgan fingerprint density at radius 2 is 2.18 bits per heavy atom. The Labute approximate surface area is 99.4 Å². The second kappa shape index (κ2) is 5.01. The van der Waals surface area contributed by atoms with Crippen molar-refractivity contribution in [2.45, 2.75) is 13.0 Å². The fourth-order valence-electron chi connectivity index (χ4n) is 1.98. The first-order valence-electron chi connectivity index (χ1n) is 5.54. The third kappa shape index (κ3) is 2.31. The van der Waals surface area contributed by atoms with E-state index in [1.165, 1.54) is 0 Å². The maximum absolute atomic E-state index is 11.1. The zero-order valence-corrected chi connectivity index (χ0v) is 9.72. The molecule has 0 atom stereocenters. The monoisotopic (exact) mass is 233 g/mol. The van der Waals surface area contributed by atoms with Crippen LogP contribution in [0.5, 0.6) is 0 Å². The summed E-state index contributed by atoms with van der Waals surface area (Å²) in [4.78, 5) is 11.1. The van der Waals surface area contributed by atoms with Gasteiger partial charge < -0.3 is 14.4 Å². The highest BCUT2D eigenvalue weighted by Gasteiger charge is 2.12. The van der Waals surface area contributed by atoms with Gasteiger partial charge in [-0.1, -0.05) is 18.2 Å². The average Bonchev–Trinajstić information content (AvgIpc) is 2.69. The van der Waals surface area contributed by atoms with Gasteiger partial charge in [-0.2, -0.15) is 0 Å². The van der Waals surface area contributed by atoms with Crippen molar-refractivity contribution in [3.8, 4) is 0 Å². The average molecular weight is 233 g/mol. The highest BCUT2D eigenvalue weighted by molar-refractivity contribution is 6.03. The van der Waals surface area contributed by atoms with Gasteiger partial charge in [0.15, 0.2) is 0 Å². The number of ether oxygens (including phenoxy) is 1. The Balaban J connectivity index is 2.38. The maximum Gasteiger partial charge on any atom is 0.337 e. The van der Waals surface area contributed by atoms with E-state index in [2.05, 4.69) is 0 Å². The number of fused-ring (bicyclic) bond motifs is 1. The van der Waals surface area contributed by atoms with Gasteiger partial charge in [0.2, 0.25) is 0 Å². The number of aryl methyl sites for hydroxylation is 1. The molecule has 0 unspecified atom stereocenters. The number of carboxylic acid groups (broad SMARTS) is 1. The van der Waals surface area contributed by atoms with Gasteiger partial charge in [-0.05, 0) is 12.5 Å². The minimum atomic E-state index is -0.883. The van der Waals surface area contributed by atoms with Crippen LogP contribution >= 0.6 is 0 Å². The Bertz CT molecular complexity index is 530. The number of carboxylic acids is 1.